The quantitative estimate of drug-likeness (QED) is 0.131. The number of nitrogens with zero attached hydrogens (tertiary/aromatic N) is 2. The Kier molecular flexibility index (Phi) is 10.2. The van der Waals surface area contributed by atoms with Gasteiger partial charge in [-0.3, -0.25) is 0 Å². The molecule has 2 nitrogen and oxygen atoms in total. The smallest absolute Gasteiger partial charge is 0.0467 e. The van der Waals surface area contributed by atoms with Gasteiger partial charge in [0, 0.05) is 34.1 Å². The molecule has 0 radical (unpaired) electrons. The lowest BCUT2D eigenvalue weighted by Crippen LogP contribution is -2.10. The molecule has 0 N–H and O–H groups in total. The third-order valence-electron chi connectivity index (χ3n) is 10.1. The monoisotopic (exact) mass is 708 g/mol. The predicted octanol–water partition coefficient (Wildman–Crippen LogP) is 14.8. The highest BCUT2D eigenvalue weighted by Crippen LogP contribution is 2.40. The van der Waals surface area contributed by atoms with Crippen molar-refractivity contribution in [3.63, 3.8) is 0 Å². The summed E-state index contributed by atoms with van der Waals surface area (Å²) in [6.45, 7) is 6.48. The van der Waals surface area contributed by atoms with Crippen molar-refractivity contribution in [1.29, 1.82) is 0 Å². The second-order valence-electron chi connectivity index (χ2n) is 14.1. The minimum atomic E-state index is 1.10. The molecule has 0 atom stereocenters. The molecule has 55 heavy (non-hydrogen) atoms. The van der Waals surface area contributed by atoms with E-state index in [0.717, 1.165) is 39.7 Å². The zero-order valence-electron chi connectivity index (χ0n) is 31.6. The normalized spacial score (nSPS) is 10.8. The Morgan fingerprint density at radius 3 is 1.25 bits per heavy atom. The maximum Gasteiger partial charge on any atom is 0.0467 e. The van der Waals surface area contributed by atoms with Gasteiger partial charge in [0.15, 0.2) is 0 Å². The Hall–Kier alpha value is -6.90. The highest BCUT2D eigenvalue weighted by atomic mass is 15.1. The van der Waals surface area contributed by atoms with E-state index in [1.807, 2.05) is 0 Å². The van der Waals surface area contributed by atoms with E-state index in [0.29, 0.717) is 0 Å². The van der Waals surface area contributed by atoms with E-state index in [-0.39, 0.29) is 0 Å². The number of aryl methyl sites for hydroxylation is 3. The number of rotatable bonds is 10. The average molecular weight is 709 g/mol. The lowest BCUT2D eigenvalue weighted by atomic mass is 9.94. The SMILES string of the molecule is Cc1ccc(C(=Cc2ccc(N(c3ccccc3)c3cccc(-c4ccc(N(c5ccccc5)c5ccccc5)cc4C)c3)cc2)c2ccc(C)cc2)cc1. The molecular weight excluding hydrogens is 665 g/mol. The zero-order chi connectivity index (χ0) is 37.6. The molecule has 0 bridgehead atoms. The first-order chi connectivity index (χ1) is 27.0. The van der Waals surface area contributed by atoms with Crippen LogP contribution in [0.25, 0.3) is 22.8 Å². The summed E-state index contributed by atoms with van der Waals surface area (Å²) in [7, 11) is 0. The summed E-state index contributed by atoms with van der Waals surface area (Å²) in [5.41, 5.74) is 17.6. The fourth-order valence-corrected chi connectivity index (χ4v) is 7.23. The number of para-hydroxylation sites is 3. The molecule has 8 aromatic rings. The Morgan fingerprint density at radius 2 is 0.782 bits per heavy atom. The van der Waals surface area contributed by atoms with Crippen LogP contribution in [0.1, 0.15) is 33.4 Å². The molecule has 8 aromatic carbocycles. The standard InChI is InChI=1S/C53H44N2/c1-39-22-28-43(29-23-39)53(44-30-24-40(2)25-31-44)37-42-26-32-49(33-27-42)55(48-19-11-6-12-20-48)50-21-13-14-45(38-50)52-35-34-51(36-41(52)3)54(46-15-7-4-8-16-46)47-17-9-5-10-18-47/h4-38H,1-3H3. The molecule has 0 saturated carbocycles. The van der Waals surface area contributed by atoms with Crippen molar-refractivity contribution < 1.29 is 0 Å². The van der Waals surface area contributed by atoms with Gasteiger partial charge in [0.25, 0.3) is 0 Å². The van der Waals surface area contributed by atoms with Gasteiger partial charge in [0.1, 0.15) is 0 Å². The van der Waals surface area contributed by atoms with E-state index in [9.17, 15) is 0 Å². The molecule has 0 heterocycles. The fourth-order valence-electron chi connectivity index (χ4n) is 7.23. The van der Waals surface area contributed by atoms with Gasteiger partial charge < -0.3 is 9.80 Å². The molecule has 0 spiro atoms. The maximum atomic E-state index is 2.34. The van der Waals surface area contributed by atoms with Crippen LogP contribution >= 0.6 is 0 Å². The molecule has 0 unspecified atom stereocenters. The second kappa shape index (κ2) is 16.0. The van der Waals surface area contributed by atoms with Crippen molar-refractivity contribution in [3.8, 4) is 11.1 Å². The van der Waals surface area contributed by atoms with Crippen molar-refractivity contribution in [3.05, 3.63) is 240 Å². The summed E-state index contributed by atoms with van der Waals surface area (Å²) in [5, 5.41) is 0. The summed E-state index contributed by atoms with van der Waals surface area (Å²) in [5.74, 6) is 0. The van der Waals surface area contributed by atoms with Gasteiger partial charge >= 0.3 is 0 Å². The van der Waals surface area contributed by atoms with E-state index in [1.54, 1.807) is 0 Å². The van der Waals surface area contributed by atoms with Gasteiger partial charge in [-0.05, 0) is 139 Å². The van der Waals surface area contributed by atoms with Crippen LogP contribution in [0.4, 0.5) is 34.1 Å². The molecule has 0 aliphatic heterocycles. The van der Waals surface area contributed by atoms with Crippen LogP contribution < -0.4 is 9.80 Å². The van der Waals surface area contributed by atoms with Gasteiger partial charge in [0.2, 0.25) is 0 Å². The van der Waals surface area contributed by atoms with E-state index in [2.05, 4.69) is 243 Å². The van der Waals surface area contributed by atoms with E-state index >= 15 is 0 Å². The molecular formula is C53H44N2. The molecule has 0 aromatic heterocycles. The molecule has 0 saturated heterocycles. The first-order valence-electron chi connectivity index (χ1n) is 18.9. The van der Waals surface area contributed by atoms with E-state index in [1.165, 1.54) is 44.5 Å². The number of benzene rings is 8. The lowest BCUT2D eigenvalue weighted by molar-refractivity contribution is 1.27. The van der Waals surface area contributed by atoms with E-state index in [4.69, 9.17) is 0 Å². The van der Waals surface area contributed by atoms with E-state index < -0.39 is 0 Å². The minimum Gasteiger partial charge on any atom is -0.310 e. The summed E-state index contributed by atoms with van der Waals surface area (Å²) in [6.07, 6.45) is 2.30. The van der Waals surface area contributed by atoms with Crippen LogP contribution in [0.15, 0.2) is 206 Å². The van der Waals surface area contributed by atoms with Gasteiger partial charge in [-0.2, -0.15) is 0 Å². The Balaban J connectivity index is 1.15. The van der Waals surface area contributed by atoms with Crippen LogP contribution in [-0.4, -0.2) is 0 Å². The summed E-state index contributed by atoms with van der Waals surface area (Å²) in [4.78, 5) is 4.65. The summed E-state index contributed by atoms with van der Waals surface area (Å²) in [6, 6.07) is 74.0. The first kappa shape index (κ1) is 35.1. The molecule has 266 valence electrons. The summed E-state index contributed by atoms with van der Waals surface area (Å²) < 4.78 is 0. The van der Waals surface area contributed by atoms with Gasteiger partial charge in [-0.1, -0.05) is 145 Å². The number of hydrogen-bond acceptors (Lipinski definition) is 2. The molecule has 0 fully saturated rings. The van der Waals surface area contributed by atoms with Crippen LogP contribution in [0.5, 0.6) is 0 Å². The van der Waals surface area contributed by atoms with Gasteiger partial charge in [-0.15, -0.1) is 0 Å². The molecule has 2 heteroatoms. The van der Waals surface area contributed by atoms with Crippen molar-refractivity contribution >= 4 is 45.8 Å². The molecule has 0 aliphatic rings. The Labute approximate surface area is 325 Å². The Bertz CT molecular complexity index is 2430. The van der Waals surface area contributed by atoms with Crippen molar-refractivity contribution in [1.82, 2.24) is 0 Å². The summed E-state index contributed by atoms with van der Waals surface area (Å²) >= 11 is 0. The maximum absolute atomic E-state index is 2.34. The van der Waals surface area contributed by atoms with Crippen molar-refractivity contribution in [2.24, 2.45) is 0 Å². The van der Waals surface area contributed by atoms with Crippen LogP contribution in [0.3, 0.4) is 0 Å². The van der Waals surface area contributed by atoms with Crippen molar-refractivity contribution in [2.75, 3.05) is 9.80 Å². The van der Waals surface area contributed by atoms with Gasteiger partial charge in [0.05, 0.1) is 0 Å². The predicted molar refractivity (Wildman–Crippen MR) is 235 cm³/mol. The van der Waals surface area contributed by atoms with Crippen LogP contribution in [-0.2, 0) is 0 Å². The lowest BCUT2D eigenvalue weighted by Gasteiger charge is -2.27. The van der Waals surface area contributed by atoms with Crippen molar-refractivity contribution in [2.45, 2.75) is 20.8 Å². The molecule has 0 amide bonds. The molecule has 8 rings (SSSR count). The Morgan fingerprint density at radius 1 is 0.364 bits per heavy atom. The largest absolute Gasteiger partial charge is 0.310 e. The third kappa shape index (κ3) is 7.90. The second-order valence-corrected chi connectivity index (χ2v) is 14.1. The number of hydrogen-bond donors (Lipinski definition) is 0. The minimum absolute atomic E-state index is 1.10. The zero-order valence-corrected chi connectivity index (χ0v) is 31.6. The highest BCUT2D eigenvalue weighted by Gasteiger charge is 2.16. The third-order valence-corrected chi connectivity index (χ3v) is 10.1. The van der Waals surface area contributed by atoms with Crippen LogP contribution in [0, 0.1) is 20.8 Å². The van der Waals surface area contributed by atoms with Gasteiger partial charge in [-0.25, -0.2) is 0 Å². The first-order valence-corrected chi connectivity index (χ1v) is 18.9. The average Bonchev–Trinajstić information content (AvgIpc) is 3.23. The van der Waals surface area contributed by atoms with Crippen LogP contribution in [0.2, 0.25) is 0 Å². The molecule has 0 aliphatic carbocycles. The fraction of sp³-hybridized carbons (Fsp3) is 0.0566. The number of anilines is 6. The highest BCUT2D eigenvalue weighted by molar-refractivity contribution is 5.92. The topological polar surface area (TPSA) is 6.48 Å².